The molecule has 3 heteroatoms. The molecule has 0 fully saturated rings. The summed E-state index contributed by atoms with van der Waals surface area (Å²) in [5.41, 5.74) is 2.20. The molecule has 0 aromatic heterocycles. The molecular formula is C11H15ClFN. The lowest BCUT2D eigenvalue weighted by Crippen LogP contribution is -2.12. The van der Waals surface area contributed by atoms with Crippen LogP contribution in [-0.4, -0.2) is 13.6 Å². The minimum atomic E-state index is -0.123. The normalized spacial score (nSPS) is 10.6. The first-order chi connectivity index (χ1) is 6.57. The van der Waals surface area contributed by atoms with Crippen molar-refractivity contribution in [3.8, 4) is 0 Å². The Balaban J connectivity index is 3.11. The second-order valence-electron chi connectivity index (χ2n) is 3.45. The summed E-state index contributed by atoms with van der Waals surface area (Å²) in [5.74, 6) is -0.123. The molecule has 1 aromatic rings. The predicted molar refractivity (Wildman–Crippen MR) is 58.5 cm³/mol. The third-order valence-electron chi connectivity index (χ3n) is 2.39. The molecule has 0 atom stereocenters. The first-order valence-electron chi connectivity index (χ1n) is 4.66. The van der Waals surface area contributed by atoms with E-state index in [1.807, 2.05) is 14.0 Å². The van der Waals surface area contributed by atoms with Gasteiger partial charge in [-0.2, -0.15) is 0 Å². The van der Waals surface area contributed by atoms with E-state index in [-0.39, 0.29) is 5.82 Å². The standard InChI is InChI=1S/C11H15ClFN/c1-7-6-10(12)8(2)9(11(7)13)4-5-14-3/h6,14H,4-5H2,1-3H3. The average Bonchev–Trinajstić information content (AvgIpc) is 2.15. The van der Waals surface area contributed by atoms with E-state index in [2.05, 4.69) is 5.32 Å². The molecule has 0 bridgehead atoms. The van der Waals surface area contributed by atoms with Crippen LogP contribution < -0.4 is 5.32 Å². The minimum absolute atomic E-state index is 0.123. The number of hydrogen-bond acceptors (Lipinski definition) is 1. The van der Waals surface area contributed by atoms with Crippen molar-refractivity contribution in [1.82, 2.24) is 5.32 Å². The summed E-state index contributed by atoms with van der Waals surface area (Å²) in [7, 11) is 1.85. The molecule has 1 N–H and O–H groups in total. The van der Waals surface area contributed by atoms with Crippen LogP contribution in [0.25, 0.3) is 0 Å². The first kappa shape index (κ1) is 11.5. The maximum absolute atomic E-state index is 13.7. The molecule has 0 radical (unpaired) electrons. The molecule has 1 aromatic carbocycles. The third-order valence-corrected chi connectivity index (χ3v) is 2.78. The Hall–Kier alpha value is -0.600. The fourth-order valence-electron chi connectivity index (χ4n) is 1.46. The number of benzene rings is 1. The van der Waals surface area contributed by atoms with E-state index in [9.17, 15) is 4.39 Å². The summed E-state index contributed by atoms with van der Waals surface area (Å²) in [6, 6.07) is 1.68. The van der Waals surface area contributed by atoms with Crippen LogP contribution >= 0.6 is 11.6 Å². The molecule has 1 rings (SSSR count). The van der Waals surface area contributed by atoms with E-state index in [4.69, 9.17) is 11.6 Å². The van der Waals surface area contributed by atoms with Gasteiger partial charge in [0.25, 0.3) is 0 Å². The van der Waals surface area contributed by atoms with Gasteiger partial charge in [-0.1, -0.05) is 11.6 Å². The summed E-state index contributed by atoms with van der Waals surface area (Å²) >= 11 is 5.98. The Morgan fingerprint density at radius 1 is 1.43 bits per heavy atom. The van der Waals surface area contributed by atoms with Gasteiger partial charge in [0, 0.05) is 5.02 Å². The zero-order valence-corrected chi connectivity index (χ0v) is 9.50. The van der Waals surface area contributed by atoms with Crippen LogP contribution in [0.1, 0.15) is 16.7 Å². The number of halogens is 2. The van der Waals surface area contributed by atoms with Gasteiger partial charge in [0.2, 0.25) is 0 Å². The van der Waals surface area contributed by atoms with Crippen LogP contribution in [0.4, 0.5) is 4.39 Å². The Kier molecular flexibility index (Phi) is 3.90. The van der Waals surface area contributed by atoms with Crippen molar-refractivity contribution in [2.45, 2.75) is 20.3 Å². The number of rotatable bonds is 3. The molecule has 0 aliphatic rings. The summed E-state index contributed by atoms with van der Waals surface area (Å²) in [6.07, 6.45) is 0.676. The van der Waals surface area contributed by atoms with E-state index in [1.54, 1.807) is 13.0 Å². The van der Waals surface area contributed by atoms with Gasteiger partial charge >= 0.3 is 0 Å². The molecule has 0 saturated heterocycles. The summed E-state index contributed by atoms with van der Waals surface area (Å²) in [4.78, 5) is 0. The molecule has 0 amide bonds. The van der Waals surface area contributed by atoms with Crippen molar-refractivity contribution in [2.24, 2.45) is 0 Å². The van der Waals surface area contributed by atoms with Gasteiger partial charge in [0.15, 0.2) is 0 Å². The fraction of sp³-hybridized carbons (Fsp3) is 0.455. The first-order valence-corrected chi connectivity index (χ1v) is 5.04. The number of nitrogens with one attached hydrogen (secondary N) is 1. The lowest BCUT2D eigenvalue weighted by atomic mass is 10.0. The van der Waals surface area contributed by atoms with Crippen LogP contribution in [0.2, 0.25) is 5.02 Å². The van der Waals surface area contributed by atoms with E-state index < -0.39 is 0 Å². The highest BCUT2D eigenvalue weighted by Crippen LogP contribution is 2.25. The van der Waals surface area contributed by atoms with E-state index >= 15 is 0 Å². The fourth-order valence-corrected chi connectivity index (χ4v) is 1.73. The average molecular weight is 216 g/mol. The summed E-state index contributed by atoms with van der Waals surface area (Å²) < 4.78 is 13.7. The van der Waals surface area contributed by atoms with Crippen molar-refractivity contribution in [3.63, 3.8) is 0 Å². The number of hydrogen-bond donors (Lipinski definition) is 1. The molecular weight excluding hydrogens is 201 g/mol. The van der Waals surface area contributed by atoms with Crippen molar-refractivity contribution in [3.05, 3.63) is 33.6 Å². The molecule has 1 nitrogen and oxygen atoms in total. The van der Waals surface area contributed by atoms with Crippen molar-refractivity contribution >= 4 is 11.6 Å². The molecule has 78 valence electrons. The SMILES string of the molecule is CNCCc1c(C)c(Cl)cc(C)c1F. The van der Waals surface area contributed by atoms with Gasteiger partial charge < -0.3 is 5.32 Å². The van der Waals surface area contributed by atoms with Gasteiger partial charge in [-0.3, -0.25) is 0 Å². The van der Waals surface area contributed by atoms with Gasteiger partial charge in [-0.15, -0.1) is 0 Å². The van der Waals surface area contributed by atoms with Crippen molar-refractivity contribution < 1.29 is 4.39 Å². The van der Waals surface area contributed by atoms with Crippen molar-refractivity contribution in [1.29, 1.82) is 0 Å². The number of aryl methyl sites for hydroxylation is 1. The predicted octanol–water partition coefficient (Wildman–Crippen LogP) is 2.86. The van der Waals surface area contributed by atoms with Gasteiger partial charge in [-0.05, 0) is 56.6 Å². The molecule has 0 spiro atoms. The molecule has 14 heavy (non-hydrogen) atoms. The number of likely N-dealkylation sites (N-methyl/N-ethyl adjacent to an activating group) is 1. The largest absolute Gasteiger partial charge is 0.319 e. The molecule has 0 saturated carbocycles. The highest BCUT2D eigenvalue weighted by molar-refractivity contribution is 6.31. The van der Waals surface area contributed by atoms with Crippen molar-refractivity contribution in [2.75, 3.05) is 13.6 Å². The monoisotopic (exact) mass is 215 g/mol. The Morgan fingerprint density at radius 3 is 2.64 bits per heavy atom. The van der Waals surface area contributed by atoms with Crippen LogP contribution in [0.3, 0.4) is 0 Å². The zero-order valence-electron chi connectivity index (χ0n) is 8.75. The van der Waals surface area contributed by atoms with Gasteiger partial charge in [0.05, 0.1) is 0 Å². The topological polar surface area (TPSA) is 12.0 Å². The quantitative estimate of drug-likeness (QED) is 0.818. The van der Waals surface area contributed by atoms with Crippen LogP contribution in [0.5, 0.6) is 0 Å². The lowest BCUT2D eigenvalue weighted by molar-refractivity contribution is 0.594. The van der Waals surface area contributed by atoms with Gasteiger partial charge in [0.1, 0.15) is 5.82 Å². The minimum Gasteiger partial charge on any atom is -0.319 e. The lowest BCUT2D eigenvalue weighted by Gasteiger charge is -2.11. The second-order valence-corrected chi connectivity index (χ2v) is 3.85. The van der Waals surface area contributed by atoms with Crippen LogP contribution in [0, 0.1) is 19.7 Å². The molecule has 0 heterocycles. The van der Waals surface area contributed by atoms with E-state index in [0.29, 0.717) is 17.0 Å². The maximum atomic E-state index is 13.7. The van der Waals surface area contributed by atoms with Gasteiger partial charge in [-0.25, -0.2) is 4.39 Å². The van der Waals surface area contributed by atoms with E-state index in [0.717, 1.165) is 17.7 Å². The highest BCUT2D eigenvalue weighted by Gasteiger charge is 2.11. The molecule has 0 aliphatic heterocycles. The highest BCUT2D eigenvalue weighted by atomic mass is 35.5. The zero-order chi connectivity index (χ0) is 10.7. The smallest absolute Gasteiger partial charge is 0.129 e. The summed E-state index contributed by atoms with van der Waals surface area (Å²) in [6.45, 7) is 4.36. The Bertz CT molecular complexity index is 310. The molecule has 0 aliphatic carbocycles. The maximum Gasteiger partial charge on any atom is 0.129 e. The Labute approximate surface area is 89.3 Å². The summed E-state index contributed by atoms with van der Waals surface area (Å²) in [5, 5.41) is 3.65. The Morgan fingerprint density at radius 2 is 2.07 bits per heavy atom. The van der Waals surface area contributed by atoms with Crippen LogP contribution in [-0.2, 0) is 6.42 Å². The second kappa shape index (κ2) is 4.76. The third kappa shape index (κ3) is 2.25. The molecule has 0 unspecified atom stereocenters. The van der Waals surface area contributed by atoms with Crippen LogP contribution in [0.15, 0.2) is 6.07 Å². The van der Waals surface area contributed by atoms with E-state index in [1.165, 1.54) is 0 Å².